The second kappa shape index (κ2) is 6.22. The van der Waals surface area contributed by atoms with Gasteiger partial charge in [0.2, 0.25) is 5.91 Å². The molecule has 0 radical (unpaired) electrons. The molecule has 19 heavy (non-hydrogen) atoms. The number of hydrogen-bond donors (Lipinski definition) is 0. The molecule has 0 N–H and O–H groups in total. The molecule has 2 heterocycles. The predicted octanol–water partition coefficient (Wildman–Crippen LogP) is 1.85. The molecule has 0 spiro atoms. The summed E-state index contributed by atoms with van der Waals surface area (Å²) in [7, 11) is 1.35. The molecule has 2 rings (SSSR count). The van der Waals surface area contributed by atoms with Crippen molar-refractivity contribution >= 4 is 18.0 Å². The van der Waals surface area contributed by atoms with E-state index in [0.717, 1.165) is 12.8 Å². The van der Waals surface area contributed by atoms with Gasteiger partial charge in [0.15, 0.2) is 0 Å². The van der Waals surface area contributed by atoms with Crippen LogP contribution in [0.1, 0.15) is 25.0 Å². The molecule has 5 heteroatoms. The van der Waals surface area contributed by atoms with Gasteiger partial charge in [-0.3, -0.25) is 4.79 Å². The van der Waals surface area contributed by atoms with Gasteiger partial charge in [0, 0.05) is 12.6 Å². The van der Waals surface area contributed by atoms with E-state index in [1.54, 1.807) is 29.4 Å². The fraction of sp³-hybridized carbons (Fsp3) is 0.429. The topological polar surface area (TPSA) is 59.8 Å². The molecule has 1 saturated heterocycles. The van der Waals surface area contributed by atoms with E-state index in [0.29, 0.717) is 18.7 Å². The summed E-state index contributed by atoms with van der Waals surface area (Å²) in [4.78, 5) is 25.3. The van der Waals surface area contributed by atoms with Gasteiger partial charge in [0.1, 0.15) is 11.8 Å². The van der Waals surface area contributed by atoms with Gasteiger partial charge in [-0.1, -0.05) is 0 Å². The van der Waals surface area contributed by atoms with Crippen LogP contribution in [0.3, 0.4) is 0 Å². The van der Waals surface area contributed by atoms with Crippen LogP contribution in [0.25, 0.3) is 6.08 Å². The van der Waals surface area contributed by atoms with E-state index in [1.807, 2.05) is 0 Å². The summed E-state index contributed by atoms with van der Waals surface area (Å²) in [5, 5.41) is 0. The van der Waals surface area contributed by atoms with Gasteiger partial charge in [-0.25, -0.2) is 4.79 Å². The number of methoxy groups -OCH3 is 1. The van der Waals surface area contributed by atoms with Crippen molar-refractivity contribution in [2.75, 3.05) is 13.7 Å². The Morgan fingerprint density at radius 1 is 1.47 bits per heavy atom. The smallest absolute Gasteiger partial charge is 0.328 e. The number of furan rings is 1. The van der Waals surface area contributed by atoms with Crippen molar-refractivity contribution in [3.8, 4) is 0 Å². The van der Waals surface area contributed by atoms with E-state index in [-0.39, 0.29) is 11.9 Å². The maximum absolute atomic E-state index is 12.1. The quantitative estimate of drug-likeness (QED) is 0.617. The molecular formula is C14H17NO4. The summed E-state index contributed by atoms with van der Waals surface area (Å²) in [6.07, 6.45) is 7.08. The van der Waals surface area contributed by atoms with Crippen LogP contribution >= 0.6 is 0 Å². The Balaban J connectivity index is 2.05. The summed E-state index contributed by atoms with van der Waals surface area (Å²) in [5.41, 5.74) is 0. The van der Waals surface area contributed by atoms with Crippen LogP contribution in [0.4, 0.5) is 0 Å². The van der Waals surface area contributed by atoms with E-state index < -0.39 is 6.04 Å². The standard InChI is InChI=1S/C14H17NO4/c1-18-14(17)12-6-2-3-9-15(12)13(16)8-7-11-5-4-10-19-11/h4-5,7-8,10,12H,2-3,6,9H2,1H3/b8-7+. The third-order valence-electron chi connectivity index (χ3n) is 3.19. The molecule has 0 aromatic carbocycles. The lowest BCUT2D eigenvalue weighted by Crippen LogP contribution is -2.47. The maximum Gasteiger partial charge on any atom is 0.328 e. The van der Waals surface area contributed by atoms with Crippen LogP contribution in [0.15, 0.2) is 28.9 Å². The van der Waals surface area contributed by atoms with Crippen molar-refractivity contribution < 1.29 is 18.7 Å². The lowest BCUT2D eigenvalue weighted by Gasteiger charge is -2.32. The Morgan fingerprint density at radius 2 is 2.32 bits per heavy atom. The summed E-state index contributed by atoms with van der Waals surface area (Å²) >= 11 is 0. The minimum Gasteiger partial charge on any atom is -0.467 e. The molecule has 1 unspecified atom stereocenters. The molecule has 0 saturated carbocycles. The van der Waals surface area contributed by atoms with Gasteiger partial charge < -0.3 is 14.1 Å². The SMILES string of the molecule is COC(=O)C1CCCCN1C(=O)/C=C/c1ccco1. The van der Waals surface area contributed by atoms with Crippen molar-refractivity contribution in [2.24, 2.45) is 0 Å². The van der Waals surface area contributed by atoms with Crippen LogP contribution in [-0.2, 0) is 14.3 Å². The summed E-state index contributed by atoms with van der Waals surface area (Å²) in [5.74, 6) is 0.0749. The largest absolute Gasteiger partial charge is 0.467 e. The van der Waals surface area contributed by atoms with Gasteiger partial charge in [-0.2, -0.15) is 0 Å². The second-order valence-electron chi connectivity index (χ2n) is 4.42. The molecule has 102 valence electrons. The van der Waals surface area contributed by atoms with Gasteiger partial charge in [-0.15, -0.1) is 0 Å². The normalized spacial score (nSPS) is 19.6. The molecular weight excluding hydrogens is 246 g/mol. The lowest BCUT2D eigenvalue weighted by molar-refractivity contribution is -0.153. The van der Waals surface area contributed by atoms with Crippen LogP contribution in [0.5, 0.6) is 0 Å². The summed E-state index contributed by atoms with van der Waals surface area (Å²) in [6, 6.07) is 3.05. The predicted molar refractivity (Wildman–Crippen MR) is 69.1 cm³/mol. The van der Waals surface area contributed by atoms with Crippen molar-refractivity contribution in [1.29, 1.82) is 0 Å². The zero-order valence-electron chi connectivity index (χ0n) is 10.9. The third-order valence-corrected chi connectivity index (χ3v) is 3.19. The Bertz CT molecular complexity index is 464. The van der Waals surface area contributed by atoms with E-state index in [1.165, 1.54) is 13.2 Å². The van der Waals surface area contributed by atoms with Crippen LogP contribution < -0.4 is 0 Å². The molecule has 0 aliphatic carbocycles. The average molecular weight is 263 g/mol. The number of carbonyl (C=O) groups excluding carboxylic acids is 2. The number of ether oxygens (including phenoxy) is 1. The number of esters is 1. The number of likely N-dealkylation sites (tertiary alicyclic amines) is 1. The van der Waals surface area contributed by atoms with Crippen molar-refractivity contribution in [2.45, 2.75) is 25.3 Å². The molecule has 1 aliphatic heterocycles. The zero-order valence-corrected chi connectivity index (χ0v) is 10.9. The van der Waals surface area contributed by atoms with Crippen molar-refractivity contribution in [1.82, 2.24) is 4.90 Å². The molecule has 1 aromatic heterocycles. The summed E-state index contributed by atoms with van der Waals surface area (Å²) < 4.78 is 9.86. The van der Waals surface area contributed by atoms with Gasteiger partial charge in [0.25, 0.3) is 0 Å². The Morgan fingerprint density at radius 3 is 3.00 bits per heavy atom. The highest BCUT2D eigenvalue weighted by Gasteiger charge is 2.31. The molecule has 1 aromatic rings. The van der Waals surface area contributed by atoms with Crippen molar-refractivity contribution in [3.05, 3.63) is 30.2 Å². The Hall–Kier alpha value is -2.04. The number of carbonyl (C=O) groups is 2. The number of piperidine rings is 1. The van der Waals surface area contributed by atoms with Crippen LogP contribution in [0, 0.1) is 0 Å². The Labute approximate surface area is 111 Å². The minimum atomic E-state index is -0.465. The van der Waals surface area contributed by atoms with Gasteiger partial charge >= 0.3 is 5.97 Å². The first-order valence-electron chi connectivity index (χ1n) is 6.32. The molecule has 0 bridgehead atoms. The fourth-order valence-electron chi connectivity index (χ4n) is 2.21. The van der Waals surface area contributed by atoms with Gasteiger partial charge in [-0.05, 0) is 37.5 Å². The highest BCUT2D eigenvalue weighted by atomic mass is 16.5. The highest BCUT2D eigenvalue weighted by molar-refractivity contribution is 5.94. The van der Waals surface area contributed by atoms with E-state index in [2.05, 4.69) is 0 Å². The number of amides is 1. The summed E-state index contributed by atoms with van der Waals surface area (Å²) in [6.45, 7) is 0.584. The van der Waals surface area contributed by atoms with E-state index in [4.69, 9.17) is 9.15 Å². The van der Waals surface area contributed by atoms with Crippen LogP contribution in [-0.4, -0.2) is 36.5 Å². The monoisotopic (exact) mass is 263 g/mol. The first-order chi connectivity index (χ1) is 9.22. The van der Waals surface area contributed by atoms with E-state index in [9.17, 15) is 9.59 Å². The fourth-order valence-corrected chi connectivity index (χ4v) is 2.21. The zero-order chi connectivity index (χ0) is 13.7. The highest BCUT2D eigenvalue weighted by Crippen LogP contribution is 2.18. The van der Waals surface area contributed by atoms with Crippen LogP contribution in [0.2, 0.25) is 0 Å². The molecule has 1 amide bonds. The number of rotatable bonds is 3. The third kappa shape index (κ3) is 3.24. The molecule has 1 fully saturated rings. The first-order valence-corrected chi connectivity index (χ1v) is 6.32. The van der Waals surface area contributed by atoms with Gasteiger partial charge in [0.05, 0.1) is 13.4 Å². The van der Waals surface area contributed by atoms with Crippen molar-refractivity contribution in [3.63, 3.8) is 0 Å². The lowest BCUT2D eigenvalue weighted by atomic mass is 10.0. The number of hydrogen-bond acceptors (Lipinski definition) is 4. The molecule has 1 aliphatic rings. The molecule has 5 nitrogen and oxygen atoms in total. The molecule has 1 atom stereocenters. The number of nitrogens with zero attached hydrogens (tertiary/aromatic N) is 1. The Kier molecular flexibility index (Phi) is 4.39. The first kappa shape index (κ1) is 13.4. The maximum atomic E-state index is 12.1. The minimum absolute atomic E-state index is 0.188. The average Bonchev–Trinajstić information content (AvgIpc) is 2.97. The second-order valence-corrected chi connectivity index (χ2v) is 4.42. The van der Waals surface area contributed by atoms with E-state index >= 15 is 0 Å².